The van der Waals surface area contributed by atoms with Gasteiger partial charge in [0.15, 0.2) is 0 Å². The van der Waals surface area contributed by atoms with E-state index in [-0.39, 0.29) is 0 Å². The van der Waals surface area contributed by atoms with Crippen molar-refractivity contribution in [3.8, 4) is 0 Å². The smallest absolute Gasteiger partial charge is 0.117 e. The lowest BCUT2D eigenvalue weighted by molar-refractivity contribution is 0.377. The Morgan fingerprint density at radius 3 is 2.44 bits per heavy atom. The second-order valence-corrected chi connectivity index (χ2v) is 7.63. The molecule has 2 rings (SSSR count). The third-order valence-corrected chi connectivity index (χ3v) is 4.22. The van der Waals surface area contributed by atoms with Crippen LogP contribution in [-0.4, -0.2) is 22.8 Å². The van der Waals surface area contributed by atoms with Gasteiger partial charge in [-0.1, -0.05) is 20.8 Å². The van der Waals surface area contributed by atoms with E-state index in [9.17, 15) is 0 Å². The minimum Gasteiger partial charge on any atom is -0.314 e. The molecule has 0 spiro atoms. The minimum absolute atomic E-state index is 0.389. The van der Waals surface area contributed by atoms with E-state index in [2.05, 4.69) is 36.3 Å². The molecule has 18 heavy (non-hydrogen) atoms. The minimum atomic E-state index is 0.389. The second-order valence-electron chi connectivity index (χ2n) is 6.48. The fourth-order valence-electron chi connectivity index (χ4n) is 1.81. The Balaban J connectivity index is 1.65. The van der Waals surface area contributed by atoms with E-state index < -0.39 is 0 Å². The highest BCUT2D eigenvalue weighted by Crippen LogP contribution is 2.23. The molecule has 4 heteroatoms. The molecule has 1 aliphatic rings. The number of nitrogens with one attached hydrogen (secondary N) is 1. The van der Waals surface area contributed by atoms with Gasteiger partial charge in [0.2, 0.25) is 0 Å². The molecule has 1 aromatic heterocycles. The van der Waals surface area contributed by atoms with Crippen LogP contribution in [0.3, 0.4) is 0 Å². The van der Waals surface area contributed by atoms with Crippen LogP contribution in [0.15, 0.2) is 0 Å². The molecular weight excluding hydrogens is 242 g/mol. The van der Waals surface area contributed by atoms with Crippen LogP contribution >= 0.6 is 11.3 Å². The fourth-order valence-corrected chi connectivity index (χ4v) is 2.69. The Hall–Kier alpha value is -0.480. The lowest BCUT2D eigenvalue weighted by Crippen LogP contribution is -2.17. The van der Waals surface area contributed by atoms with Gasteiger partial charge >= 0.3 is 0 Å². The zero-order valence-corrected chi connectivity index (χ0v) is 12.6. The van der Waals surface area contributed by atoms with Gasteiger partial charge in [0.25, 0.3) is 0 Å². The molecule has 0 aromatic carbocycles. The van der Waals surface area contributed by atoms with E-state index in [1.807, 2.05) is 0 Å². The number of hydrogen-bond acceptors (Lipinski definition) is 4. The van der Waals surface area contributed by atoms with Crippen LogP contribution < -0.4 is 5.32 Å². The summed E-state index contributed by atoms with van der Waals surface area (Å²) < 4.78 is 0. The van der Waals surface area contributed by atoms with Crippen molar-refractivity contribution >= 4 is 11.3 Å². The van der Waals surface area contributed by atoms with E-state index in [1.165, 1.54) is 35.7 Å². The average Bonchev–Trinajstić information content (AvgIpc) is 3.00. The van der Waals surface area contributed by atoms with Gasteiger partial charge in [0.1, 0.15) is 10.0 Å². The molecule has 1 N–H and O–H groups in total. The molecular formula is C14H25N3S. The van der Waals surface area contributed by atoms with E-state index in [1.54, 1.807) is 11.3 Å². The normalized spacial score (nSPS) is 16.2. The zero-order valence-electron chi connectivity index (χ0n) is 11.8. The van der Waals surface area contributed by atoms with E-state index in [0.717, 1.165) is 25.4 Å². The summed E-state index contributed by atoms with van der Waals surface area (Å²) in [6, 6.07) is 0.821. The molecule has 1 aliphatic carbocycles. The summed E-state index contributed by atoms with van der Waals surface area (Å²) in [6.45, 7) is 7.96. The molecule has 0 amide bonds. The Bertz CT molecular complexity index is 363. The molecule has 102 valence electrons. The zero-order chi connectivity index (χ0) is 13.0. The fraction of sp³-hybridized carbons (Fsp3) is 0.857. The van der Waals surface area contributed by atoms with Gasteiger partial charge in [-0.15, -0.1) is 21.5 Å². The maximum atomic E-state index is 4.29. The Labute approximate surface area is 114 Å². The second kappa shape index (κ2) is 6.11. The van der Waals surface area contributed by atoms with Crippen LogP contribution in [0.2, 0.25) is 0 Å². The summed E-state index contributed by atoms with van der Waals surface area (Å²) in [6.07, 6.45) is 7.26. The highest BCUT2D eigenvalue weighted by molar-refractivity contribution is 7.11. The summed E-state index contributed by atoms with van der Waals surface area (Å²) in [5, 5.41) is 14.5. The molecule has 0 atom stereocenters. The molecule has 1 aromatic rings. The standard InChI is InChI=1S/C14H25N3S/c1-14(2,3)9-8-13-17-16-12(18-13)5-4-10-15-11-6-7-11/h11,15H,4-10H2,1-3H3. The van der Waals surface area contributed by atoms with Gasteiger partial charge in [-0.25, -0.2) is 0 Å². The average molecular weight is 267 g/mol. The number of aryl methyl sites for hydroxylation is 2. The number of aromatic nitrogens is 2. The third-order valence-electron chi connectivity index (χ3n) is 3.18. The van der Waals surface area contributed by atoms with Crippen molar-refractivity contribution in [2.45, 2.75) is 65.3 Å². The number of rotatable bonds is 7. The first kappa shape index (κ1) is 13.9. The van der Waals surface area contributed by atoms with Crippen molar-refractivity contribution < 1.29 is 0 Å². The first-order valence-corrected chi connectivity index (χ1v) is 7.89. The van der Waals surface area contributed by atoms with Crippen molar-refractivity contribution in [3.63, 3.8) is 0 Å². The molecule has 0 saturated heterocycles. The molecule has 0 radical (unpaired) electrons. The van der Waals surface area contributed by atoms with E-state index >= 15 is 0 Å². The van der Waals surface area contributed by atoms with Crippen molar-refractivity contribution in [2.24, 2.45) is 5.41 Å². The monoisotopic (exact) mass is 267 g/mol. The largest absolute Gasteiger partial charge is 0.314 e. The predicted molar refractivity (Wildman–Crippen MR) is 77.0 cm³/mol. The predicted octanol–water partition coefficient (Wildman–Crippen LogP) is 3.20. The first-order valence-electron chi connectivity index (χ1n) is 7.07. The summed E-state index contributed by atoms with van der Waals surface area (Å²) in [5.41, 5.74) is 0.389. The van der Waals surface area contributed by atoms with Gasteiger partial charge in [0, 0.05) is 18.9 Å². The van der Waals surface area contributed by atoms with Crippen LogP contribution in [0.25, 0.3) is 0 Å². The van der Waals surface area contributed by atoms with Crippen LogP contribution in [0.5, 0.6) is 0 Å². The summed E-state index contributed by atoms with van der Waals surface area (Å²) in [4.78, 5) is 0. The highest BCUT2D eigenvalue weighted by atomic mass is 32.1. The topological polar surface area (TPSA) is 37.8 Å². The molecule has 0 bridgehead atoms. The molecule has 0 aliphatic heterocycles. The molecule has 3 nitrogen and oxygen atoms in total. The van der Waals surface area contributed by atoms with Gasteiger partial charge in [0.05, 0.1) is 0 Å². The summed E-state index contributed by atoms with van der Waals surface area (Å²) >= 11 is 1.80. The summed E-state index contributed by atoms with van der Waals surface area (Å²) in [7, 11) is 0. The quantitative estimate of drug-likeness (QED) is 0.771. The Morgan fingerprint density at radius 1 is 1.17 bits per heavy atom. The van der Waals surface area contributed by atoms with Gasteiger partial charge in [-0.05, 0) is 37.6 Å². The van der Waals surface area contributed by atoms with Crippen molar-refractivity contribution in [3.05, 3.63) is 10.0 Å². The van der Waals surface area contributed by atoms with E-state index in [4.69, 9.17) is 0 Å². The van der Waals surface area contributed by atoms with Gasteiger partial charge in [-0.3, -0.25) is 0 Å². The number of hydrogen-bond donors (Lipinski definition) is 1. The lowest BCUT2D eigenvalue weighted by Gasteiger charge is -2.16. The molecule has 1 heterocycles. The summed E-state index contributed by atoms with van der Waals surface area (Å²) in [5.74, 6) is 0. The maximum Gasteiger partial charge on any atom is 0.117 e. The van der Waals surface area contributed by atoms with Crippen LogP contribution in [0.4, 0.5) is 0 Å². The molecule has 1 saturated carbocycles. The lowest BCUT2D eigenvalue weighted by atomic mass is 9.91. The van der Waals surface area contributed by atoms with Gasteiger partial charge in [-0.2, -0.15) is 0 Å². The molecule has 1 fully saturated rings. The van der Waals surface area contributed by atoms with Crippen molar-refractivity contribution in [1.82, 2.24) is 15.5 Å². The third kappa shape index (κ3) is 5.44. The highest BCUT2D eigenvalue weighted by Gasteiger charge is 2.19. The Kier molecular flexibility index (Phi) is 4.73. The van der Waals surface area contributed by atoms with Crippen LogP contribution in [-0.2, 0) is 12.8 Å². The number of nitrogens with zero attached hydrogens (tertiary/aromatic N) is 2. The van der Waals surface area contributed by atoms with Gasteiger partial charge < -0.3 is 5.32 Å². The van der Waals surface area contributed by atoms with Crippen molar-refractivity contribution in [2.75, 3.05) is 6.54 Å². The van der Waals surface area contributed by atoms with Crippen LogP contribution in [0, 0.1) is 5.41 Å². The first-order chi connectivity index (χ1) is 8.53. The Morgan fingerprint density at radius 2 is 1.83 bits per heavy atom. The van der Waals surface area contributed by atoms with Crippen molar-refractivity contribution in [1.29, 1.82) is 0 Å². The van der Waals surface area contributed by atoms with E-state index in [0.29, 0.717) is 5.41 Å². The SMILES string of the molecule is CC(C)(C)CCc1nnc(CCCNC2CC2)s1. The maximum absolute atomic E-state index is 4.29. The van der Waals surface area contributed by atoms with Crippen LogP contribution in [0.1, 0.15) is 56.5 Å². The molecule has 0 unspecified atom stereocenters.